The molecule has 2 N–H and O–H groups in total. The minimum atomic E-state index is -1.63. The zero-order valence-corrected chi connectivity index (χ0v) is 16.7. The van der Waals surface area contributed by atoms with E-state index in [0.717, 1.165) is 9.78 Å². The number of thiophene rings is 1. The molecule has 2 aliphatic rings. The molecule has 0 spiro atoms. The number of methoxy groups -OCH3 is 1. The molecule has 0 unspecified atom stereocenters. The molecule has 3 rings (SSSR count). The van der Waals surface area contributed by atoms with Gasteiger partial charge in [-0.05, 0) is 11.4 Å². The quantitative estimate of drug-likeness (QED) is 0.369. The Bertz CT molecular complexity index is 852. The lowest BCUT2D eigenvalue weighted by atomic mass is 9.98. The number of β-lactam (4-membered cyclic amide) rings is 1. The number of carboxylic acid groups (broad SMARTS) is 1. The molecule has 0 aromatic carbocycles. The molecule has 11 heteroatoms. The molecule has 0 bridgehead atoms. The van der Waals surface area contributed by atoms with Crippen LogP contribution in [0.4, 0.5) is 0 Å². The van der Waals surface area contributed by atoms with Gasteiger partial charge in [-0.15, -0.1) is 23.1 Å². The summed E-state index contributed by atoms with van der Waals surface area (Å²) in [4.78, 5) is 50.0. The summed E-state index contributed by atoms with van der Waals surface area (Å²) in [5.41, 5.74) is -1.56. The van der Waals surface area contributed by atoms with Crippen molar-refractivity contribution in [1.82, 2.24) is 10.2 Å². The maximum absolute atomic E-state index is 12.9. The normalized spacial score (nSPS) is 23.7. The first-order chi connectivity index (χ1) is 13.3. The Morgan fingerprint density at radius 3 is 2.75 bits per heavy atom. The second-order valence-corrected chi connectivity index (χ2v) is 8.22. The molecule has 2 atom stereocenters. The first kappa shape index (κ1) is 20.4. The van der Waals surface area contributed by atoms with Gasteiger partial charge in [0.05, 0.1) is 6.42 Å². The van der Waals surface area contributed by atoms with Crippen LogP contribution >= 0.6 is 23.1 Å². The summed E-state index contributed by atoms with van der Waals surface area (Å²) in [6, 6.07) is 3.63. The van der Waals surface area contributed by atoms with Crippen molar-refractivity contribution in [2.45, 2.75) is 24.4 Å². The number of ether oxygens (including phenoxy) is 2. The van der Waals surface area contributed by atoms with Gasteiger partial charge in [-0.3, -0.25) is 19.3 Å². The van der Waals surface area contributed by atoms with Crippen LogP contribution in [0.3, 0.4) is 0 Å². The summed E-state index contributed by atoms with van der Waals surface area (Å²) in [7, 11) is 1.29. The van der Waals surface area contributed by atoms with Gasteiger partial charge >= 0.3 is 11.9 Å². The number of aliphatic carboxylic acids is 1. The van der Waals surface area contributed by atoms with Gasteiger partial charge in [0.2, 0.25) is 5.91 Å². The fourth-order valence-corrected chi connectivity index (χ4v) is 5.19. The van der Waals surface area contributed by atoms with Gasteiger partial charge in [0, 0.05) is 30.2 Å². The highest BCUT2D eigenvalue weighted by Gasteiger charge is 2.66. The van der Waals surface area contributed by atoms with Crippen LogP contribution < -0.4 is 5.32 Å². The second-order valence-electron chi connectivity index (χ2n) is 6.12. The van der Waals surface area contributed by atoms with E-state index in [1.54, 1.807) is 6.07 Å². The molecule has 2 amide bonds. The predicted octanol–water partition coefficient (Wildman–Crippen LogP) is 0.566. The summed E-state index contributed by atoms with van der Waals surface area (Å²) < 4.78 is 10.3. The van der Waals surface area contributed by atoms with E-state index in [-0.39, 0.29) is 24.5 Å². The molecule has 0 radical (unpaired) electrons. The number of nitrogens with zero attached hydrogens (tertiary/aromatic N) is 1. The van der Waals surface area contributed by atoms with E-state index in [9.17, 15) is 24.3 Å². The third-order valence-corrected chi connectivity index (χ3v) is 6.57. The lowest BCUT2D eigenvalue weighted by Gasteiger charge is -2.55. The molecule has 1 aromatic heterocycles. The van der Waals surface area contributed by atoms with Crippen LogP contribution in [0.5, 0.6) is 0 Å². The van der Waals surface area contributed by atoms with Gasteiger partial charge in [0.1, 0.15) is 17.7 Å². The Morgan fingerprint density at radius 2 is 2.18 bits per heavy atom. The molecule has 1 aromatic rings. The van der Waals surface area contributed by atoms with E-state index in [0.29, 0.717) is 5.57 Å². The number of amides is 2. The zero-order valence-electron chi connectivity index (χ0n) is 15.1. The van der Waals surface area contributed by atoms with Crippen LogP contribution in [-0.2, 0) is 35.1 Å². The standard InChI is InChI=1S/C17H18N2O7S2/c1-9(20)26-7-10-8-28-16-17(25-2,15(24)19(16)13(10)14(22)23)18-12(21)6-11-4-3-5-27-11/h3-5,16H,6-8H2,1-2H3,(H,18,21)(H,22,23)/t16-,17-/m1/s1. The highest BCUT2D eigenvalue weighted by atomic mass is 32.2. The first-order valence-corrected chi connectivity index (χ1v) is 10.2. The fourth-order valence-electron chi connectivity index (χ4n) is 3.07. The van der Waals surface area contributed by atoms with Crippen molar-refractivity contribution in [3.05, 3.63) is 33.7 Å². The van der Waals surface area contributed by atoms with Crippen LogP contribution in [0.25, 0.3) is 0 Å². The predicted molar refractivity (Wildman–Crippen MR) is 100 cm³/mol. The average Bonchev–Trinajstić information content (AvgIpc) is 3.15. The van der Waals surface area contributed by atoms with Gasteiger partial charge < -0.3 is 19.9 Å². The maximum atomic E-state index is 12.9. The van der Waals surface area contributed by atoms with Crippen molar-refractivity contribution in [2.24, 2.45) is 0 Å². The second kappa shape index (κ2) is 7.94. The summed E-state index contributed by atoms with van der Waals surface area (Å²) in [6.07, 6.45) is 0.0901. The Labute approximate surface area is 168 Å². The molecule has 3 heterocycles. The van der Waals surface area contributed by atoms with Crippen molar-refractivity contribution in [3.8, 4) is 0 Å². The van der Waals surface area contributed by atoms with Gasteiger partial charge in [0.15, 0.2) is 0 Å². The monoisotopic (exact) mass is 426 g/mol. The lowest BCUT2D eigenvalue weighted by molar-refractivity contribution is -0.192. The number of carbonyl (C=O) groups excluding carboxylic acids is 3. The summed E-state index contributed by atoms with van der Waals surface area (Å²) in [5, 5.41) is 13.3. The molecule has 1 fully saturated rings. The number of rotatable bonds is 7. The van der Waals surface area contributed by atoms with Crippen molar-refractivity contribution < 1.29 is 33.8 Å². The Morgan fingerprint density at radius 1 is 1.43 bits per heavy atom. The third kappa shape index (κ3) is 3.52. The number of fused-ring (bicyclic) bond motifs is 1. The highest BCUT2D eigenvalue weighted by Crippen LogP contribution is 2.46. The molecule has 9 nitrogen and oxygen atoms in total. The molecular formula is C17H18N2O7S2. The topological polar surface area (TPSA) is 122 Å². The molecule has 1 saturated heterocycles. The van der Waals surface area contributed by atoms with Gasteiger partial charge in [0.25, 0.3) is 11.6 Å². The Balaban J connectivity index is 1.81. The Hall–Kier alpha value is -2.37. The number of hydrogen-bond acceptors (Lipinski definition) is 8. The van der Waals surface area contributed by atoms with E-state index in [4.69, 9.17) is 9.47 Å². The van der Waals surface area contributed by atoms with Crippen LogP contribution in [0, 0.1) is 0 Å². The number of thioether (sulfide) groups is 1. The fraction of sp³-hybridized carbons (Fsp3) is 0.412. The van der Waals surface area contributed by atoms with E-state index in [1.165, 1.54) is 37.1 Å². The largest absolute Gasteiger partial charge is 0.477 e. The van der Waals surface area contributed by atoms with Crippen molar-refractivity contribution in [2.75, 3.05) is 19.5 Å². The number of carbonyl (C=O) groups is 4. The van der Waals surface area contributed by atoms with Crippen LogP contribution in [0.2, 0.25) is 0 Å². The van der Waals surface area contributed by atoms with E-state index < -0.39 is 34.9 Å². The molecule has 0 aliphatic carbocycles. The molecule has 150 valence electrons. The van der Waals surface area contributed by atoms with E-state index >= 15 is 0 Å². The summed E-state index contributed by atoms with van der Waals surface area (Å²) >= 11 is 2.65. The molecule has 0 saturated carbocycles. The molecule has 2 aliphatic heterocycles. The molecular weight excluding hydrogens is 408 g/mol. The zero-order chi connectivity index (χ0) is 20.5. The summed E-state index contributed by atoms with van der Waals surface area (Å²) in [6.45, 7) is 0.999. The highest BCUT2D eigenvalue weighted by molar-refractivity contribution is 8.00. The summed E-state index contributed by atoms with van der Waals surface area (Å²) in [5.74, 6) is -2.72. The van der Waals surface area contributed by atoms with Crippen LogP contribution in [-0.4, -0.2) is 64.3 Å². The number of nitrogens with one attached hydrogen (secondary N) is 1. The molecule has 28 heavy (non-hydrogen) atoms. The Kier molecular flexibility index (Phi) is 5.77. The van der Waals surface area contributed by atoms with Crippen LogP contribution in [0.15, 0.2) is 28.8 Å². The number of hydrogen-bond donors (Lipinski definition) is 2. The van der Waals surface area contributed by atoms with Gasteiger partial charge in [-0.2, -0.15) is 0 Å². The van der Waals surface area contributed by atoms with Crippen molar-refractivity contribution >= 4 is 46.9 Å². The first-order valence-electron chi connectivity index (χ1n) is 8.22. The van der Waals surface area contributed by atoms with E-state index in [1.807, 2.05) is 11.4 Å². The smallest absolute Gasteiger partial charge is 0.352 e. The van der Waals surface area contributed by atoms with Crippen molar-refractivity contribution in [1.29, 1.82) is 0 Å². The van der Waals surface area contributed by atoms with Crippen molar-refractivity contribution in [3.63, 3.8) is 0 Å². The van der Waals surface area contributed by atoms with Gasteiger partial charge in [-0.1, -0.05) is 6.07 Å². The average molecular weight is 426 g/mol. The van der Waals surface area contributed by atoms with E-state index in [2.05, 4.69) is 5.32 Å². The number of carboxylic acids is 1. The third-order valence-electron chi connectivity index (χ3n) is 4.32. The minimum absolute atomic E-state index is 0.0901. The SMILES string of the molecule is CO[C@]1(NC(=O)Cc2cccs2)C(=O)N2C(C(=O)O)=C(COC(C)=O)CS[C@@H]21. The van der Waals surface area contributed by atoms with Gasteiger partial charge in [-0.25, -0.2) is 4.79 Å². The number of esters is 1. The minimum Gasteiger partial charge on any atom is -0.477 e. The van der Waals surface area contributed by atoms with Crippen LogP contribution in [0.1, 0.15) is 11.8 Å². The lowest BCUT2D eigenvalue weighted by Crippen LogP contribution is -2.80. The maximum Gasteiger partial charge on any atom is 0.352 e.